The van der Waals surface area contributed by atoms with E-state index < -0.39 is 0 Å². The number of hydrogen-bond acceptors (Lipinski definition) is 3. The molecule has 0 aliphatic rings. The van der Waals surface area contributed by atoms with Crippen molar-refractivity contribution >= 4 is 17.4 Å². The maximum absolute atomic E-state index is 12.1. The lowest BCUT2D eigenvalue weighted by Gasteiger charge is -2.14. The van der Waals surface area contributed by atoms with Crippen molar-refractivity contribution in [1.29, 1.82) is 0 Å². The molecule has 0 aliphatic heterocycles. The van der Waals surface area contributed by atoms with Gasteiger partial charge >= 0.3 is 0 Å². The van der Waals surface area contributed by atoms with Crippen LogP contribution >= 0.6 is 11.6 Å². The number of ether oxygens (including phenoxy) is 2. The fourth-order valence-corrected chi connectivity index (χ4v) is 1.86. The maximum atomic E-state index is 12.1. The highest BCUT2D eigenvalue weighted by molar-refractivity contribution is 6.34. The number of carbonyl (C=O) groups is 1. The Labute approximate surface area is 107 Å². The third-order valence-electron chi connectivity index (χ3n) is 2.81. The quantitative estimate of drug-likeness (QED) is 0.756. The van der Waals surface area contributed by atoms with Gasteiger partial charge in [-0.25, -0.2) is 0 Å². The lowest BCUT2D eigenvalue weighted by Crippen LogP contribution is -2.12. The SMILES string of the molecule is CCC(C)C(=O)c1ccc(OC)c(Cl)c1OC. The van der Waals surface area contributed by atoms with Gasteiger partial charge < -0.3 is 9.47 Å². The molecule has 4 heteroatoms. The summed E-state index contributed by atoms with van der Waals surface area (Å²) in [6, 6.07) is 3.37. The molecule has 0 radical (unpaired) electrons. The minimum Gasteiger partial charge on any atom is -0.495 e. The van der Waals surface area contributed by atoms with Crippen LogP contribution < -0.4 is 9.47 Å². The van der Waals surface area contributed by atoms with Gasteiger partial charge in [-0.1, -0.05) is 25.4 Å². The van der Waals surface area contributed by atoms with Crippen molar-refractivity contribution in [2.24, 2.45) is 5.92 Å². The minimum absolute atomic E-state index is 0.0360. The van der Waals surface area contributed by atoms with Gasteiger partial charge in [-0.15, -0.1) is 0 Å². The van der Waals surface area contributed by atoms with E-state index in [1.165, 1.54) is 14.2 Å². The monoisotopic (exact) mass is 256 g/mol. The number of Topliss-reactive ketones (excluding diaryl/α,β-unsaturated/α-hetero) is 1. The summed E-state index contributed by atoms with van der Waals surface area (Å²) in [5, 5.41) is 0.337. The van der Waals surface area contributed by atoms with Crippen LogP contribution in [0.2, 0.25) is 5.02 Å². The van der Waals surface area contributed by atoms with Gasteiger partial charge in [0.15, 0.2) is 11.5 Å². The fourth-order valence-electron chi connectivity index (χ4n) is 1.54. The van der Waals surface area contributed by atoms with Gasteiger partial charge in [-0.2, -0.15) is 0 Å². The largest absolute Gasteiger partial charge is 0.495 e. The van der Waals surface area contributed by atoms with Crippen molar-refractivity contribution in [2.45, 2.75) is 20.3 Å². The predicted molar refractivity (Wildman–Crippen MR) is 68.3 cm³/mol. The summed E-state index contributed by atoms with van der Waals surface area (Å²) in [5.41, 5.74) is 0.507. The number of methoxy groups -OCH3 is 2. The molecule has 0 N–H and O–H groups in total. The third-order valence-corrected chi connectivity index (χ3v) is 3.17. The first-order chi connectivity index (χ1) is 8.06. The highest BCUT2D eigenvalue weighted by Crippen LogP contribution is 2.37. The lowest BCUT2D eigenvalue weighted by molar-refractivity contribution is 0.0924. The lowest BCUT2D eigenvalue weighted by atomic mass is 9.96. The van der Waals surface area contributed by atoms with Crippen LogP contribution in [0.15, 0.2) is 12.1 Å². The van der Waals surface area contributed by atoms with Crippen molar-refractivity contribution in [3.63, 3.8) is 0 Å². The van der Waals surface area contributed by atoms with Crippen molar-refractivity contribution in [2.75, 3.05) is 14.2 Å². The zero-order valence-corrected chi connectivity index (χ0v) is 11.3. The van der Waals surface area contributed by atoms with E-state index in [4.69, 9.17) is 21.1 Å². The highest BCUT2D eigenvalue weighted by atomic mass is 35.5. The smallest absolute Gasteiger partial charge is 0.169 e. The van der Waals surface area contributed by atoms with Crippen LogP contribution in [0.4, 0.5) is 0 Å². The molecule has 0 bridgehead atoms. The van der Waals surface area contributed by atoms with E-state index in [2.05, 4.69) is 0 Å². The summed E-state index contributed by atoms with van der Waals surface area (Å²) >= 11 is 6.10. The molecule has 17 heavy (non-hydrogen) atoms. The van der Waals surface area contributed by atoms with Gasteiger partial charge in [0.25, 0.3) is 0 Å². The summed E-state index contributed by atoms with van der Waals surface area (Å²) in [7, 11) is 3.02. The number of carbonyl (C=O) groups excluding carboxylic acids is 1. The molecule has 1 unspecified atom stereocenters. The molecule has 0 saturated heterocycles. The minimum atomic E-state index is -0.0478. The molecule has 0 saturated carbocycles. The van der Waals surface area contributed by atoms with E-state index in [-0.39, 0.29) is 11.7 Å². The molecular formula is C13H17ClO3. The van der Waals surface area contributed by atoms with Crippen molar-refractivity contribution < 1.29 is 14.3 Å². The molecule has 0 aromatic heterocycles. The van der Waals surface area contributed by atoms with Gasteiger partial charge in [0.1, 0.15) is 10.8 Å². The number of ketones is 1. The van der Waals surface area contributed by atoms with Gasteiger partial charge in [0.2, 0.25) is 0 Å². The summed E-state index contributed by atoms with van der Waals surface area (Å²) in [6.07, 6.45) is 0.783. The van der Waals surface area contributed by atoms with E-state index in [9.17, 15) is 4.79 Å². The standard InChI is InChI=1S/C13H17ClO3/c1-5-8(2)12(15)9-6-7-10(16-3)11(14)13(9)17-4/h6-8H,5H2,1-4H3. The molecule has 3 nitrogen and oxygen atoms in total. The Bertz CT molecular complexity index is 415. The molecule has 1 aromatic rings. The number of rotatable bonds is 5. The molecule has 0 fully saturated rings. The van der Waals surface area contributed by atoms with E-state index in [1.54, 1.807) is 12.1 Å². The maximum Gasteiger partial charge on any atom is 0.169 e. The molecule has 0 amide bonds. The van der Waals surface area contributed by atoms with Crippen LogP contribution in [0.3, 0.4) is 0 Å². The third kappa shape index (κ3) is 2.72. The Morgan fingerprint density at radius 1 is 1.35 bits per heavy atom. The first-order valence-corrected chi connectivity index (χ1v) is 5.89. The molecule has 94 valence electrons. The predicted octanol–water partition coefficient (Wildman–Crippen LogP) is 3.59. The van der Waals surface area contributed by atoms with E-state index >= 15 is 0 Å². The summed E-state index contributed by atoms with van der Waals surface area (Å²) < 4.78 is 10.3. The molecule has 1 atom stereocenters. The summed E-state index contributed by atoms with van der Waals surface area (Å²) in [5.74, 6) is 0.878. The highest BCUT2D eigenvalue weighted by Gasteiger charge is 2.21. The Kier molecular flexibility index (Phi) is 4.82. The van der Waals surface area contributed by atoms with Crippen LogP contribution in [0.1, 0.15) is 30.6 Å². The summed E-state index contributed by atoms with van der Waals surface area (Å²) in [6.45, 7) is 3.86. The number of halogens is 1. The topological polar surface area (TPSA) is 35.5 Å². The average Bonchev–Trinajstić information content (AvgIpc) is 2.36. The summed E-state index contributed by atoms with van der Waals surface area (Å²) in [4.78, 5) is 12.1. The van der Waals surface area contributed by atoms with Crippen LogP contribution in [-0.4, -0.2) is 20.0 Å². The molecular weight excluding hydrogens is 240 g/mol. The number of benzene rings is 1. The molecule has 0 spiro atoms. The van der Waals surface area contributed by atoms with Crippen LogP contribution in [0, 0.1) is 5.92 Å². The first kappa shape index (κ1) is 13.8. The van der Waals surface area contributed by atoms with Crippen LogP contribution in [0.5, 0.6) is 11.5 Å². The molecule has 1 aromatic carbocycles. The van der Waals surface area contributed by atoms with Crippen LogP contribution in [0.25, 0.3) is 0 Å². The zero-order chi connectivity index (χ0) is 13.0. The van der Waals surface area contributed by atoms with E-state index in [0.717, 1.165) is 6.42 Å². The fraction of sp³-hybridized carbons (Fsp3) is 0.462. The Morgan fingerprint density at radius 3 is 2.47 bits per heavy atom. The second-order valence-corrected chi connectivity index (χ2v) is 4.21. The second kappa shape index (κ2) is 5.92. The van der Waals surface area contributed by atoms with Gasteiger partial charge in [0, 0.05) is 5.92 Å². The second-order valence-electron chi connectivity index (χ2n) is 3.84. The average molecular weight is 257 g/mol. The van der Waals surface area contributed by atoms with Gasteiger partial charge in [0.05, 0.1) is 19.8 Å². The first-order valence-electron chi connectivity index (χ1n) is 5.51. The normalized spacial score (nSPS) is 12.1. The Balaban J connectivity index is 3.26. The Morgan fingerprint density at radius 2 is 2.00 bits per heavy atom. The number of hydrogen-bond donors (Lipinski definition) is 0. The molecule has 0 aliphatic carbocycles. The van der Waals surface area contributed by atoms with E-state index in [0.29, 0.717) is 22.1 Å². The molecule has 0 heterocycles. The molecule has 1 rings (SSSR count). The van der Waals surface area contributed by atoms with Crippen molar-refractivity contribution in [3.8, 4) is 11.5 Å². The zero-order valence-electron chi connectivity index (χ0n) is 10.5. The van der Waals surface area contributed by atoms with Crippen LogP contribution in [-0.2, 0) is 0 Å². The van der Waals surface area contributed by atoms with Gasteiger partial charge in [-0.3, -0.25) is 4.79 Å². The Hall–Kier alpha value is -1.22. The van der Waals surface area contributed by atoms with Crippen molar-refractivity contribution in [1.82, 2.24) is 0 Å². The van der Waals surface area contributed by atoms with Crippen molar-refractivity contribution in [3.05, 3.63) is 22.7 Å². The van der Waals surface area contributed by atoms with E-state index in [1.807, 2.05) is 13.8 Å². The van der Waals surface area contributed by atoms with Gasteiger partial charge in [-0.05, 0) is 18.6 Å².